The number of benzene rings is 1. The predicted molar refractivity (Wildman–Crippen MR) is 183 cm³/mol. The molecular formula is C35H46N6O7S. The number of nitrogens with zero attached hydrogens (tertiary/aromatic N) is 3. The molecule has 1 aromatic carbocycles. The number of ether oxygens (including phenoxy) is 1. The first-order chi connectivity index (χ1) is 23.3. The highest BCUT2D eigenvalue weighted by Crippen LogP contribution is 2.29. The van der Waals surface area contributed by atoms with E-state index in [-0.39, 0.29) is 69.3 Å². The van der Waals surface area contributed by atoms with Crippen LogP contribution < -0.4 is 16.0 Å². The van der Waals surface area contributed by atoms with Crippen molar-refractivity contribution in [2.45, 2.75) is 78.3 Å². The van der Waals surface area contributed by atoms with Crippen LogP contribution >= 0.6 is 11.3 Å². The minimum absolute atomic E-state index is 0.0132. The Labute approximate surface area is 291 Å². The Morgan fingerprint density at radius 3 is 2.51 bits per heavy atom. The summed E-state index contributed by atoms with van der Waals surface area (Å²) in [5.41, 5.74) is 3.48. The molecule has 4 N–H and O–H groups in total. The van der Waals surface area contributed by atoms with Crippen LogP contribution in [0.4, 0.5) is 0 Å². The van der Waals surface area contributed by atoms with Crippen LogP contribution in [0.3, 0.4) is 0 Å². The molecule has 4 rings (SSSR count). The standard InChI is InChI=1S/C35H46N6O7S/c1-6-12-36-30(45)20-48-19-27-31(49-21-38-27)25-9-7-23(8-10-25)16-37-33(46)28-15-26(43)18-41(28)34(47)32(35(3,4)5)39-29(44)14-24-11-13-40(17-24)22(2)42/h1,7-10,21,24,26,28,32,43H,11-20H2,2-5H3,(H,36,45)(H,37,46)(H,39,44)/t24-,26+,28-,32+/m0/s1. The number of aromatic nitrogens is 1. The number of hydrogen-bond acceptors (Lipinski definition) is 9. The maximum absolute atomic E-state index is 13.9. The van der Waals surface area contributed by atoms with Crippen molar-refractivity contribution in [3.05, 3.63) is 41.0 Å². The lowest BCUT2D eigenvalue weighted by Gasteiger charge is -2.35. The summed E-state index contributed by atoms with van der Waals surface area (Å²) in [4.78, 5) is 72.1. The van der Waals surface area contributed by atoms with Crippen molar-refractivity contribution in [1.82, 2.24) is 30.7 Å². The summed E-state index contributed by atoms with van der Waals surface area (Å²) in [7, 11) is 0. The lowest BCUT2D eigenvalue weighted by Crippen LogP contribution is -2.57. The number of thiazole rings is 1. The van der Waals surface area contributed by atoms with Crippen molar-refractivity contribution < 1.29 is 33.8 Å². The Morgan fingerprint density at radius 1 is 1.12 bits per heavy atom. The zero-order valence-corrected chi connectivity index (χ0v) is 29.3. The fourth-order valence-electron chi connectivity index (χ4n) is 6.02. The molecule has 2 aliphatic heterocycles. The van der Waals surface area contributed by atoms with Gasteiger partial charge in [0.25, 0.3) is 0 Å². The van der Waals surface area contributed by atoms with Crippen LogP contribution in [0.25, 0.3) is 10.4 Å². The van der Waals surface area contributed by atoms with Gasteiger partial charge in [0.05, 0.1) is 35.3 Å². The lowest BCUT2D eigenvalue weighted by atomic mass is 9.85. The Morgan fingerprint density at radius 2 is 1.86 bits per heavy atom. The van der Waals surface area contributed by atoms with Gasteiger partial charge < -0.3 is 35.6 Å². The molecule has 2 aliphatic rings. The number of hydrogen-bond donors (Lipinski definition) is 4. The van der Waals surface area contributed by atoms with E-state index < -0.39 is 35.4 Å². The molecule has 0 bridgehead atoms. The van der Waals surface area contributed by atoms with Crippen molar-refractivity contribution in [2.24, 2.45) is 11.3 Å². The van der Waals surface area contributed by atoms with E-state index in [1.165, 1.54) is 23.2 Å². The fourth-order valence-corrected chi connectivity index (χ4v) is 6.82. The molecule has 49 heavy (non-hydrogen) atoms. The molecular weight excluding hydrogens is 648 g/mol. The largest absolute Gasteiger partial charge is 0.391 e. The molecule has 2 saturated heterocycles. The number of carbonyl (C=O) groups is 5. The van der Waals surface area contributed by atoms with Gasteiger partial charge in [0, 0.05) is 45.9 Å². The highest BCUT2D eigenvalue weighted by Gasteiger charge is 2.44. The van der Waals surface area contributed by atoms with E-state index in [9.17, 15) is 29.1 Å². The quantitative estimate of drug-likeness (QED) is 0.229. The summed E-state index contributed by atoms with van der Waals surface area (Å²) in [6, 6.07) is 5.78. The van der Waals surface area contributed by atoms with Crippen LogP contribution in [0.5, 0.6) is 0 Å². The molecule has 1 aromatic heterocycles. The van der Waals surface area contributed by atoms with Crippen LogP contribution in [-0.2, 0) is 41.9 Å². The molecule has 0 spiro atoms. The van der Waals surface area contributed by atoms with Gasteiger partial charge in [0.15, 0.2) is 0 Å². The van der Waals surface area contributed by atoms with Gasteiger partial charge in [0.1, 0.15) is 18.7 Å². The Kier molecular flexibility index (Phi) is 12.9. The first kappa shape index (κ1) is 37.5. The molecule has 13 nitrogen and oxygen atoms in total. The molecule has 3 heterocycles. The molecule has 264 valence electrons. The normalized spacial score (nSPS) is 19.6. The van der Waals surface area contributed by atoms with Crippen molar-refractivity contribution in [3.63, 3.8) is 0 Å². The number of nitrogens with one attached hydrogen (secondary N) is 3. The molecule has 0 saturated carbocycles. The van der Waals surface area contributed by atoms with Crippen LogP contribution in [0.15, 0.2) is 29.8 Å². The number of rotatable bonds is 13. The highest BCUT2D eigenvalue weighted by atomic mass is 32.1. The second-order valence-electron chi connectivity index (χ2n) is 13.6. The van der Waals surface area contributed by atoms with E-state index in [4.69, 9.17) is 11.2 Å². The number of likely N-dealkylation sites (tertiary alicyclic amines) is 2. The Balaban J connectivity index is 1.33. The minimum atomic E-state index is -0.911. The monoisotopic (exact) mass is 694 g/mol. The summed E-state index contributed by atoms with van der Waals surface area (Å²) >= 11 is 1.45. The number of aliphatic hydroxyl groups excluding tert-OH is 1. The average molecular weight is 695 g/mol. The van der Waals surface area contributed by atoms with Gasteiger partial charge in [-0.1, -0.05) is 51.0 Å². The van der Waals surface area contributed by atoms with E-state index in [1.807, 2.05) is 45.0 Å². The van der Waals surface area contributed by atoms with Gasteiger partial charge in [0.2, 0.25) is 29.5 Å². The third kappa shape index (κ3) is 10.3. The van der Waals surface area contributed by atoms with E-state index in [0.29, 0.717) is 18.8 Å². The second kappa shape index (κ2) is 16.9. The van der Waals surface area contributed by atoms with Crippen molar-refractivity contribution in [3.8, 4) is 22.8 Å². The summed E-state index contributed by atoms with van der Waals surface area (Å²) in [5, 5.41) is 18.8. The van der Waals surface area contributed by atoms with Crippen LogP contribution in [0, 0.1) is 23.7 Å². The minimum Gasteiger partial charge on any atom is -0.391 e. The number of aliphatic hydroxyl groups is 1. The molecule has 4 atom stereocenters. The summed E-state index contributed by atoms with van der Waals surface area (Å²) < 4.78 is 5.50. The SMILES string of the molecule is C#CCNC(=O)COCc1ncsc1-c1ccc(CNC(=O)[C@@H]2C[C@@H](O)CN2C(=O)[C@@H](NC(=O)C[C@@H]2CCN(C(C)=O)C2)C(C)(C)C)cc1. The van der Waals surface area contributed by atoms with Gasteiger partial charge in [-0.15, -0.1) is 17.8 Å². The molecule has 14 heteroatoms. The van der Waals surface area contributed by atoms with Crippen molar-refractivity contribution >= 4 is 40.9 Å². The van der Waals surface area contributed by atoms with Gasteiger partial charge in [-0.3, -0.25) is 24.0 Å². The predicted octanol–water partition coefficient (Wildman–Crippen LogP) is 1.44. The first-order valence-electron chi connectivity index (χ1n) is 16.4. The Bertz CT molecular complexity index is 1550. The molecule has 2 fully saturated rings. The molecule has 0 radical (unpaired) electrons. The van der Waals surface area contributed by atoms with Gasteiger partial charge in [-0.2, -0.15) is 0 Å². The van der Waals surface area contributed by atoms with E-state index in [2.05, 4.69) is 26.9 Å². The van der Waals surface area contributed by atoms with E-state index >= 15 is 0 Å². The molecule has 0 aliphatic carbocycles. The second-order valence-corrected chi connectivity index (χ2v) is 14.5. The van der Waals surface area contributed by atoms with E-state index in [0.717, 1.165) is 22.4 Å². The van der Waals surface area contributed by atoms with Crippen molar-refractivity contribution in [1.29, 1.82) is 0 Å². The zero-order chi connectivity index (χ0) is 35.7. The van der Waals surface area contributed by atoms with E-state index in [1.54, 1.807) is 10.4 Å². The number of amides is 5. The fraction of sp³-hybridized carbons (Fsp3) is 0.543. The molecule has 2 aromatic rings. The number of carbonyl (C=O) groups excluding carboxylic acids is 5. The zero-order valence-electron chi connectivity index (χ0n) is 28.5. The maximum Gasteiger partial charge on any atom is 0.246 e. The first-order valence-corrected chi connectivity index (χ1v) is 17.3. The van der Waals surface area contributed by atoms with Crippen molar-refractivity contribution in [2.75, 3.05) is 32.8 Å². The number of β-amino-alcohol motifs (C(OH)–C–C–N with tert-alkyl or cyclic N) is 1. The average Bonchev–Trinajstić information content (AvgIpc) is 3.81. The molecule has 5 amide bonds. The van der Waals surface area contributed by atoms with Crippen LogP contribution in [0.2, 0.25) is 0 Å². The topological polar surface area (TPSA) is 170 Å². The third-order valence-electron chi connectivity index (χ3n) is 8.67. The summed E-state index contributed by atoms with van der Waals surface area (Å²) in [6.07, 6.45) is 5.28. The van der Waals surface area contributed by atoms with Gasteiger partial charge in [-0.05, 0) is 28.9 Å². The lowest BCUT2D eigenvalue weighted by molar-refractivity contribution is -0.144. The maximum atomic E-state index is 13.9. The Hall–Kier alpha value is -4.32. The van der Waals surface area contributed by atoms with Crippen LogP contribution in [0.1, 0.15) is 58.2 Å². The van der Waals surface area contributed by atoms with Crippen LogP contribution in [-0.4, -0.2) is 100 Å². The highest BCUT2D eigenvalue weighted by molar-refractivity contribution is 7.13. The number of terminal acetylenes is 1. The van der Waals surface area contributed by atoms with Gasteiger partial charge >= 0.3 is 0 Å². The summed E-state index contributed by atoms with van der Waals surface area (Å²) in [5.74, 6) is 0.930. The third-order valence-corrected chi connectivity index (χ3v) is 9.59. The molecule has 0 unspecified atom stereocenters. The smallest absolute Gasteiger partial charge is 0.246 e. The summed E-state index contributed by atoms with van der Waals surface area (Å²) in [6.45, 7) is 8.52. The van der Waals surface area contributed by atoms with Gasteiger partial charge in [-0.25, -0.2) is 4.98 Å².